The Morgan fingerprint density at radius 2 is 2.46 bits per heavy atom. The minimum absolute atomic E-state index is 0.556. The first-order chi connectivity index (χ1) is 6.42. The SMILES string of the molecule is COCCSc1nnnn1C1CC1. The van der Waals surface area contributed by atoms with E-state index in [4.69, 9.17) is 4.74 Å². The van der Waals surface area contributed by atoms with Gasteiger partial charge in [-0.1, -0.05) is 11.8 Å². The van der Waals surface area contributed by atoms with Crippen molar-refractivity contribution in [1.82, 2.24) is 20.2 Å². The van der Waals surface area contributed by atoms with Crippen LogP contribution in [0.4, 0.5) is 0 Å². The van der Waals surface area contributed by atoms with E-state index in [1.807, 2.05) is 4.68 Å². The predicted molar refractivity (Wildman–Crippen MR) is 48.7 cm³/mol. The summed E-state index contributed by atoms with van der Waals surface area (Å²) in [6.45, 7) is 0.738. The minimum atomic E-state index is 0.556. The van der Waals surface area contributed by atoms with E-state index in [0.717, 1.165) is 17.5 Å². The topological polar surface area (TPSA) is 52.8 Å². The van der Waals surface area contributed by atoms with E-state index >= 15 is 0 Å². The number of ether oxygens (including phenoxy) is 1. The van der Waals surface area contributed by atoms with Gasteiger partial charge in [0.2, 0.25) is 5.16 Å². The second-order valence-electron chi connectivity index (χ2n) is 2.98. The molecule has 1 aliphatic carbocycles. The quantitative estimate of drug-likeness (QED) is 0.518. The molecule has 0 atom stereocenters. The van der Waals surface area contributed by atoms with Gasteiger partial charge < -0.3 is 4.74 Å². The molecule has 1 aromatic heterocycles. The molecule has 0 saturated heterocycles. The third kappa shape index (κ3) is 2.19. The molecule has 0 amide bonds. The number of hydrogen-bond acceptors (Lipinski definition) is 5. The molecule has 0 radical (unpaired) electrons. The van der Waals surface area contributed by atoms with Crippen molar-refractivity contribution in [3.05, 3.63) is 0 Å². The molecule has 72 valence electrons. The molecular formula is C7H12N4OS. The Bertz CT molecular complexity index is 273. The van der Waals surface area contributed by atoms with Gasteiger partial charge in [-0.2, -0.15) is 0 Å². The van der Waals surface area contributed by atoms with Crippen LogP contribution in [0.3, 0.4) is 0 Å². The van der Waals surface area contributed by atoms with Gasteiger partial charge >= 0.3 is 0 Å². The Balaban J connectivity index is 1.90. The maximum absolute atomic E-state index is 4.96. The molecule has 1 aromatic rings. The molecule has 0 aliphatic heterocycles. The van der Waals surface area contributed by atoms with Gasteiger partial charge in [0.25, 0.3) is 0 Å². The van der Waals surface area contributed by atoms with Crippen molar-refractivity contribution in [3.8, 4) is 0 Å². The average molecular weight is 200 g/mol. The van der Waals surface area contributed by atoms with Gasteiger partial charge in [-0.05, 0) is 23.3 Å². The van der Waals surface area contributed by atoms with Crippen LogP contribution in [-0.4, -0.2) is 39.7 Å². The largest absolute Gasteiger partial charge is 0.384 e. The van der Waals surface area contributed by atoms with Crippen LogP contribution in [0, 0.1) is 0 Å². The van der Waals surface area contributed by atoms with Crippen LogP contribution >= 0.6 is 11.8 Å². The van der Waals surface area contributed by atoms with Gasteiger partial charge in [-0.3, -0.25) is 0 Å². The first-order valence-corrected chi connectivity index (χ1v) is 5.30. The molecule has 1 saturated carbocycles. The van der Waals surface area contributed by atoms with Crippen LogP contribution in [0.1, 0.15) is 18.9 Å². The maximum Gasteiger partial charge on any atom is 0.209 e. The normalized spacial score (nSPS) is 16.4. The first kappa shape index (κ1) is 8.96. The average Bonchev–Trinajstić information content (AvgIpc) is 2.88. The lowest BCUT2D eigenvalue weighted by molar-refractivity contribution is 0.218. The minimum Gasteiger partial charge on any atom is -0.384 e. The number of aromatic nitrogens is 4. The summed E-state index contributed by atoms with van der Waals surface area (Å²) in [5.41, 5.74) is 0. The fourth-order valence-electron chi connectivity index (χ4n) is 1.05. The summed E-state index contributed by atoms with van der Waals surface area (Å²) in [6.07, 6.45) is 2.42. The first-order valence-electron chi connectivity index (χ1n) is 4.31. The monoisotopic (exact) mass is 200 g/mol. The lowest BCUT2D eigenvalue weighted by Crippen LogP contribution is -2.00. The smallest absolute Gasteiger partial charge is 0.209 e. The van der Waals surface area contributed by atoms with Crippen molar-refractivity contribution in [2.24, 2.45) is 0 Å². The molecule has 0 bridgehead atoms. The summed E-state index contributed by atoms with van der Waals surface area (Å²) in [5, 5.41) is 12.5. The van der Waals surface area contributed by atoms with E-state index in [-0.39, 0.29) is 0 Å². The van der Waals surface area contributed by atoms with Gasteiger partial charge in [0.05, 0.1) is 12.6 Å². The Hall–Kier alpha value is -0.620. The number of rotatable bonds is 5. The third-order valence-corrected chi connectivity index (χ3v) is 2.77. The zero-order chi connectivity index (χ0) is 9.10. The summed E-state index contributed by atoms with van der Waals surface area (Å²) in [5.74, 6) is 0.906. The number of methoxy groups -OCH3 is 1. The summed E-state index contributed by atoms with van der Waals surface area (Å²) < 4.78 is 6.87. The second-order valence-corrected chi connectivity index (χ2v) is 4.04. The van der Waals surface area contributed by atoms with Crippen LogP contribution in [-0.2, 0) is 4.74 Å². The van der Waals surface area contributed by atoms with E-state index in [1.54, 1.807) is 18.9 Å². The highest BCUT2D eigenvalue weighted by Gasteiger charge is 2.27. The Morgan fingerprint density at radius 1 is 1.62 bits per heavy atom. The van der Waals surface area contributed by atoms with Crippen molar-refractivity contribution in [2.75, 3.05) is 19.5 Å². The Labute approximate surface area is 80.8 Å². The van der Waals surface area contributed by atoms with Gasteiger partial charge in [0.1, 0.15) is 0 Å². The third-order valence-electron chi connectivity index (χ3n) is 1.87. The summed E-state index contributed by atoms with van der Waals surface area (Å²) in [4.78, 5) is 0. The highest BCUT2D eigenvalue weighted by atomic mass is 32.2. The van der Waals surface area contributed by atoms with Gasteiger partial charge in [-0.25, -0.2) is 4.68 Å². The van der Waals surface area contributed by atoms with Crippen LogP contribution in [0.5, 0.6) is 0 Å². The van der Waals surface area contributed by atoms with Crippen molar-refractivity contribution in [2.45, 2.75) is 24.0 Å². The summed E-state index contributed by atoms with van der Waals surface area (Å²) >= 11 is 1.65. The second kappa shape index (κ2) is 4.06. The molecule has 6 heteroatoms. The molecule has 1 heterocycles. The van der Waals surface area contributed by atoms with E-state index in [9.17, 15) is 0 Å². The molecule has 1 aliphatic rings. The Morgan fingerprint density at radius 3 is 3.15 bits per heavy atom. The summed E-state index contributed by atoms with van der Waals surface area (Å²) in [6, 6.07) is 0.556. The summed E-state index contributed by atoms with van der Waals surface area (Å²) in [7, 11) is 1.70. The molecular weight excluding hydrogens is 188 g/mol. The lowest BCUT2D eigenvalue weighted by Gasteiger charge is -2.00. The molecule has 0 spiro atoms. The van der Waals surface area contributed by atoms with Crippen LogP contribution in [0.15, 0.2) is 5.16 Å². The van der Waals surface area contributed by atoms with E-state index in [2.05, 4.69) is 15.5 Å². The van der Waals surface area contributed by atoms with E-state index < -0.39 is 0 Å². The van der Waals surface area contributed by atoms with Crippen LogP contribution in [0.2, 0.25) is 0 Å². The fraction of sp³-hybridized carbons (Fsp3) is 0.857. The van der Waals surface area contributed by atoms with Gasteiger partial charge in [0, 0.05) is 12.9 Å². The van der Waals surface area contributed by atoms with Crippen LogP contribution < -0.4 is 0 Å². The highest BCUT2D eigenvalue weighted by Crippen LogP contribution is 2.36. The molecule has 0 aromatic carbocycles. The number of hydrogen-bond donors (Lipinski definition) is 0. The molecule has 13 heavy (non-hydrogen) atoms. The van der Waals surface area contributed by atoms with Gasteiger partial charge in [-0.15, -0.1) is 5.10 Å². The van der Waals surface area contributed by atoms with Crippen molar-refractivity contribution < 1.29 is 4.74 Å². The van der Waals surface area contributed by atoms with E-state index in [0.29, 0.717) is 6.04 Å². The van der Waals surface area contributed by atoms with Crippen molar-refractivity contribution >= 4 is 11.8 Å². The standard InChI is InChI=1S/C7H12N4OS/c1-12-4-5-13-7-8-9-10-11(7)6-2-3-6/h6H,2-5H2,1H3. The molecule has 5 nitrogen and oxygen atoms in total. The predicted octanol–water partition coefficient (Wildman–Crippen LogP) is 0.746. The zero-order valence-corrected chi connectivity index (χ0v) is 8.33. The molecule has 0 unspecified atom stereocenters. The lowest BCUT2D eigenvalue weighted by atomic mass is 10.7. The highest BCUT2D eigenvalue weighted by molar-refractivity contribution is 7.99. The fourth-order valence-corrected chi connectivity index (χ4v) is 1.89. The molecule has 1 fully saturated rings. The van der Waals surface area contributed by atoms with Crippen LogP contribution in [0.25, 0.3) is 0 Å². The molecule has 0 N–H and O–H groups in total. The van der Waals surface area contributed by atoms with Crippen molar-refractivity contribution in [3.63, 3.8) is 0 Å². The zero-order valence-electron chi connectivity index (χ0n) is 7.51. The number of thioether (sulfide) groups is 1. The number of nitrogens with zero attached hydrogens (tertiary/aromatic N) is 4. The van der Waals surface area contributed by atoms with E-state index in [1.165, 1.54) is 12.8 Å². The number of tetrazole rings is 1. The van der Waals surface area contributed by atoms with Crippen molar-refractivity contribution in [1.29, 1.82) is 0 Å². The van der Waals surface area contributed by atoms with Gasteiger partial charge in [0.15, 0.2) is 0 Å². The maximum atomic E-state index is 4.96. The Kier molecular flexibility index (Phi) is 2.80. The molecule has 2 rings (SSSR count).